The summed E-state index contributed by atoms with van der Waals surface area (Å²) in [4.78, 5) is 12.4. The zero-order chi connectivity index (χ0) is 15.1. The first-order valence-electron chi connectivity index (χ1n) is 8.92. The Hall–Kier alpha value is -0.570. The second-order valence-electron chi connectivity index (χ2n) is 8.67. The highest BCUT2D eigenvalue weighted by molar-refractivity contribution is 5.76. The molecule has 3 heteroatoms. The van der Waals surface area contributed by atoms with Crippen LogP contribution in [0.4, 0.5) is 0 Å². The van der Waals surface area contributed by atoms with Crippen molar-refractivity contribution in [3.63, 3.8) is 0 Å². The van der Waals surface area contributed by atoms with Crippen LogP contribution in [0.25, 0.3) is 0 Å². The maximum atomic E-state index is 12.4. The predicted molar refractivity (Wildman–Crippen MR) is 86.0 cm³/mol. The van der Waals surface area contributed by atoms with E-state index < -0.39 is 0 Å². The van der Waals surface area contributed by atoms with Crippen LogP contribution in [0.2, 0.25) is 0 Å². The minimum atomic E-state index is 0.273. The number of nitrogens with one attached hydrogen (secondary N) is 2. The van der Waals surface area contributed by atoms with Gasteiger partial charge in [-0.2, -0.15) is 0 Å². The molecule has 21 heavy (non-hydrogen) atoms. The summed E-state index contributed by atoms with van der Waals surface area (Å²) in [6.07, 6.45) is 8.25. The molecule has 2 saturated carbocycles. The Morgan fingerprint density at radius 1 is 1.29 bits per heavy atom. The summed E-state index contributed by atoms with van der Waals surface area (Å²) in [6, 6.07) is 0.376. The topological polar surface area (TPSA) is 41.1 Å². The molecule has 2 aliphatic carbocycles. The van der Waals surface area contributed by atoms with Gasteiger partial charge in [0.2, 0.25) is 5.91 Å². The van der Waals surface area contributed by atoms with Gasteiger partial charge >= 0.3 is 0 Å². The molecule has 2 bridgehead atoms. The number of piperidine rings is 1. The van der Waals surface area contributed by atoms with E-state index in [1.54, 1.807) is 0 Å². The lowest BCUT2D eigenvalue weighted by Crippen LogP contribution is -2.52. The van der Waals surface area contributed by atoms with E-state index in [2.05, 4.69) is 31.4 Å². The highest BCUT2D eigenvalue weighted by atomic mass is 16.1. The molecule has 1 aliphatic heterocycles. The summed E-state index contributed by atoms with van der Waals surface area (Å²) >= 11 is 0. The summed E-state index contributed by atoms with van der Waals surface area (Å²) in [7, 11) is 0. The molecule has 3 aliphatic rings. The number of fused-ring (bicyclic) bond motifs is 2. The van der Waals surface area contributed by atoms with Crippen LogP contribution in [0.3, 0.4) is 0 Å². The molecule has 3 fully saturated rings. The lowest BCUT2D eigenvalue weighted by atomic mass is 9.68. The Morgan fingerprint density at radius 3 is 2.71 bits per heavy atom. The average Bonchev–Trinajstić information content (AvgIpc) is 2.94. The van der Waals surface area contributed by atoms with Gasteiger partial charge < -0.3 is 10.6 Å². The fraction of sp³-hybridized carbons (Fsp3) is 0.944. The third kappa shape index (κ3) is 2.86. The van der Waals surface area contributed by atoms with E-state index in [4.69, 9.17) is 0 Å². The molecule has 4 unspecified atom stereocenters. The Morgan fingerprint density at radius 2 is 2.10 bits per heavy atom. The van der Waals surface area contributed by atoms with E-state index in [0.717, 1.165) is 25.4 Å². The second kappa shape index (κ2) is 5.57. The first-order valence-corrected chi connectivity index (χ1v) is 8.92. The Kier molecular flexibility index (Phi) is 4.06. The van der Waals surface area contributed by atoms with Crippen LogP contribution in [-0.2, 0) is 4.79 Å². The van der Waals surface area contributed by atoms with Crippen molar-refractivity contribution >= 4 is 5.91 Å². The molecule has 3 nitrogen and oxygen atoms in total. The minimum absolute atomic E-state index is 0.273. The molecule has 1 saturated heterocycles. The van der Waals surface area contributed by atoms with Crippen molar-refractivity contribution in [3.8, 4) is 0 Å². The van der Waals surface area contributed by atoms with Crippen molar-refractivity contribution in [1.82, 2.24) is 10.6 Å². The van der Waals surface area contributed by atoms with Gasteiger partial charge in [0.15, 0.2) is 0 Å². The number of carbonyl (C=O) groups excluding carboxylic acids is 1. The number of hydrogen-bond acceptors (Lipinski definition) is 2. The number of carbonyl (C=O) groups is 1. The summed E-state index contributed by atoms with van der Waals surface area (Å²) < 4.78 is 0. The van der Waals surface area contributed by atoms with E-state index >= 15 is 0 Å². The lowest BCUT2D eigenvalue weighted by molar-refractivity contribution is -0.124. The van der Waals surface area contributed by atoms with Gasteiger partial charge in [0.25, 0.3) is 0 Å². The standard InChI is InChI=1S/C18H32N2O/c1-17(2)14-8-9-18(3,11-14)16(17)20-15(21)7-6-13-5-4-10-19-12-13/h13-14,16,19H,4-12H2,1-3H3,(H,20,21). The van der Waals surface area contributed by atoms with Crippen molar-refractivity contribution in [2.24, 2.45) is 22.7 Å². The van der Waals surface area contributed by atoms with Crippen molar-refractivity contribution in [1.29, 1.82) is 0 Å². The molecular formula is C18H32N2O. The third-order valence-corrected chi connectivity index (χ3v) is 6.75. The fourth-order valence-electron chi connectivity index (χ4n) is 5.40. The highest BCUT2D eigenvalue weighted by Gasteiger charge is 2.59. The van der Waals surface area contributed by atoms with Crippen LogP contribution in [-0.4, -0.2) is 25.0 Å². The lowest BCUT2D eigenvalue weighted by Gasteiger charge is -2.43. The van der Waals surface area contributed by atoms with Gasteiger partial charge in [0.05, 0.1) is 0 Å². The van der Waals surface area contributed by atoms with Crippen molar-refractivity contribution in [3.05, 3.63) is 0 Å². The van der Waals surface area contributed by atoms with E-state index in [1.807, 2.05) is 0 Å². The molecule has 0 radical (unpaired) electrons. The quantitative estimate of drug-likeness (QED) is 0.836. The van der Waals surface area contributed by atoms with Gasteiger partial charge in [-0.05, 0) is 74.3 Å². The SMILES string of the molecule is CC12CCC(C1)C(C)(C)C2NC(=O)CCC1CCCNC1. The van der Waals surface area contributed by atoms with Gasteiger partial charge in [0, 0.05) is 12.5 Å². The first kappa shape index (κ1) is 15.3. The molecule has 0 aromatic carbocycles. The molecule has 1 heterocycles. The molecular weight excluding hydrogens is 260 g/mol. The summed E-state index contributed by atoms with van der Waals surface area (Å²) in [5.41, 5.74) is 0.616. The third-order valence-electron chi connectivity index (χ3n) is 6.75. The van der Waals surface area contributed by atoms with Crippen molar-refractivity contribution in [2.75, 3.05) is 13.1 Å². The molecule has 4 atom stereocenters. The zero-order valence-corrected chi connectivity index (χ0v) is 14.0. The summed E-state index contributed by atoms with van der Waals surface area (Å²) in [6.45, 7) is 9.36. The monoisotopic (exact) mass is 292 g/mol. The van der Waals surface area contributed by atoms with E-state index in [1.165, 1.54) is 32.1 Å². The van der Waals surface area contributed by atoms with Gasteiger partial charge in [-0.3, -0.25) is 4.79 Å². The van der Waals surface area contributed by atoms with Gasteiger partial charge in [0.1, 0.15) is 0 Å². The van der Waals surface area contributed by atoms with Crippen LogP contribution in [0, 0.1) is 22.7 Å². The molecule has 3 rings (SSSR count). The van der Waals surface area contributed by atoms with Gasteiger partial charge in [-0.1, -0.05) is 20.8 Å². The van der Waals surface area contributed by atoms with Crippen LogP contribution < -0.4 is 10.6 Å². The predicted octanol–water partition coefficient (Wildman–Crippen LogP) is 3.10. The molecule has 0 spiro atoms. The Balaban J connectivity index is 1.52. The van der Waals surface area contributed by atoms with E-state index in [9.17, 15) is 4.79 Å². The normalized spacial score (nSPS) is 41.2. The number of amides is 1. The summed E-state index contributed by atoms with van der Waals surface area (Å²) in [5, 5.41) is 6.86. The van der Waals surface area contributed by atoms with Gasteiger partial charge in [-0.25, -0.2) is 0 Å². The Labute approximate surface area is 129 Å². The van der Waals surface area contributed by atoms with Crippen molar-refractivity contribution < 1.29 is 4.79 Å². The van der Waals surface area contributed by atoms with Crippen LogP contribution >= 0.6 is 0 Å². The molecule has 0 aromatic rings. The molecule has 0 aromatic heterocycles. The van der Waals surface area contributed by atoms with E-state index in [0.29, 0.717) is 23.8 Å². The van der Waals surface area contributed by atoms with Crippen LogP contribution in [0.15, 0.2) is 0 Å². The molecule has 2 N–H and O–H groups in total. The zero-order valence-electron chi connectivity index (χ0n) is 14.0. The number of rotatable bonds is 4. The minimum Gasteiger partial charge on any atom is -0.352 e. The molecule has 120 valence electrons. The highest BCUT2D eigenvalue weighted by Crippen LogP contribution is 2.62. The largest absolute Gasteiger partial charge is 0.352 e. The second-order valence-corrected chi connectivity index (χ2v) is 8.67. The maximum absolute atomic E-state index is 12.4. The molecule has 1 amide bonds. The average molecular weight is 292 g/mol. The van der Waals surface area contributed by atoms with Crippen LogP contribution in [0.5, 0.6) is 0 Å². The first-order chi connectivity index (χ1) is 9.92. The number of hydrogen-bond donors (Lipinski definition) is 2. The summed E-state index contributed by atoms with van der Waals surface area (Å²) in [5.74, 6) is 1.79. The van der Waals surface area contributed by atoms with Crippen molar-refractivity contribution in [2.45, 2.75) is 71.8 Å². The van der Waals surface area contributed by atoms with Gasteiger partial charge in [-0.15, -0.1) is 0 Å². The maximum Gasteiger partial charge on any atom is 0.220 e. The fourth-order valence-corrected chi connectivity index (χ4v) is 5.40. The van der Waals surface area contributed by atoms with E-state index in [-0.39, 0.29) is 11.3 Å². The Bertz CT molecular complexity index is 395. The van der Waals surface area contributed by atoms with Crippen LogP contribution in [0.1, 0.15) is 65.7 Å². The smallest absolute Gasteiger partial charge is 0.220 e.